The third kappa shape index (κ3) is 4.25. The molecule has 0 aliphatic carbocycles. The van der Waals surface area contributed by atoms with Crippen molar-refractivity contribution in [2.45, 2.75) is 0 Å². The van der Waals surface area contributed by atoms with Gasteiger partial charge in [0.2, 0.25) is 0 Å². The summed E-state index contributed by atoms with van der Waals surface area (Å²) in [6.45, 7) is 0. The van der Waals surface area contributed by atoms with Crippen molar-refractivity contribution in [1.29, 1.82) is 0 Å². The molecule has 29 heavy (non-hydrogen) atoms. The number of rotatable bonds is 6. The van der Waals surface area contributed by atoms with E-state index in [2.05, 4.69) is 57.9 Å². The zero-order valence-corrected chi connectivity index (χ0v) is 18.3. The van der Waals surface area contributed by atoms with Crippen LogP contribution in [0.5, 0.6) is 0 Å². The highest BCUT2D eigenvalue weighted by atomic mass is 32.9. The molecular weight excluding hydrogens is 411 g/mol. The Morgan fingerprint density at radius 3 is 0.862 bits per heavy atom. The van der Waals surface area contributed by atoms with Crippen LogP contribution in [0.2, 0.25) is 0 Å². The van der Waals surface area contributed by atoms with Gasteiger partial charge in [0.1, 0.15) is 0 Å². The van der Waals surface area contributed by atoms with Crippen LogP contribution in [-0.4, -0.2) is 0 Å². The molecule has 0 spiro atoms. The highest BCUT2D eigenvalue weighted by Crippen LogP contribution is 2.66. The average molecular weight is 433 g/mol. The van der Waals surface area contributed by atoms with Crippen molar-refractivity contribution in [3.05, 3.63) is 121 Å². The molecule has 0 bridgehead atoms. The van der Waals surface area contributed by atoms with Crippen LogP contribution in [0.25, 0.3) is 0 Å². The molecule has 4 rings (SSSR count). The van der Waals surface area contributed by atoms with Crippen molar-refractivity contribution in [2.24, 2.45) is 0 Å². The molecule has 0 fully saturated rings. The average Bonchev–Trinajstić information content (AvgIpc) is 2.77. The van der Waals surface area contributed by atoms with Crippen molar-refractivity contribution < 1.29 is 0 Å². The zero-order chi connectivity index (χ0) is 20.1. The van der Waals surface area contributed by atoms with E-state index in [1.807, 2.05) is 72.8 Å². The summed E-state index contributed by atoms with van der Waals surface area (Å²) in [4.78, 5) is 0. The van der Waals surface area contributed by atoms with Gasteiger partial charge in [0.05, 0.1) is 0 Å². The SMILES string of the molecule is S=P(S)(N(c1ccccc1)c1ccccc1)N(c1ccccc1)c1ccccc1. The third-order valence-corrected chi connectivity index (χ3v) is 8.54. The Labute approximate surface area is 182 Å². The van der Waals surface area contributed by atoms with E-state index in [4.69, 9.17) is 24.1 Å². The first-order valence-electron chi connectivity index (χ1n) is 9.32. The summed E-state index contributed by atoms with van der Waals surface area (Å²) in [5, 5.41) is 0. The molecular formula is C24H21N2PS2. The first-order valence-corrected chi connectivity index (χ1v) is 13.2. The highest BCUT2D eigenvalue weighted by molar-refractivity contribution is 8.64. The second kappa shape index (κ2) is 8.87. The number of para-hydroxylation sites is 4. The second-order valence-electron chi connectivity index (χ2n) is 6.48. The van der Waals surface area contributed by atoms with Crippen LogP contribution in [0.4, 0.5) is 22.7 Å². The molecule has 0 aromatic heterocycles. The lowest BCUT2D eigenvalue weighted by Crippen LogP contribution is -2.23. The van der Waals surface area contributed by atoms with E-state index in [1.165, 1.54) is 0 Å². The van der Waals surface area contributed by atoms with Crippen LogP contribution in [0.1, 0.15) is 0 Å². The minimum Gasteiger partial charge on any atom is -0.289 e. The lowest BCUT2D eigenvalue weighted by Gasteiger charge is -2.42. The predicted molar refractivity (Wildman–Crippen MR) is 133 cm³/mol. The van der Waals surface area contributed by atoms with Crippen molar-refractivity contribution >= 4 is 52.3 Å². The molecule has 0 atom stereocenters. The standard InChI is InChI=1S/C24H21N2PS2/c28-27(29,25(21-13-5-1-6-14-21)22-15-7-2-8-16-22)26(23-17-9-3-10-18-23)24-19-11-4-12-20-24/h1-20H,(H,28,29). The van der Waals surface area contributed by atoms with Gasteiger partial charge in [-0.05, 0) is 60.3 Å². The minimum absolute atomic E-state index is 1.02. The fraction of sp³-hybridized carbons (Fsp3) is 0. The normalized spacial score (nSPS) is 11.1. The van der Waals surface area contributed by atoms with Gasteiger partial charge in [0.15, 0.2) is 5.54 Å². The van der Waals surface area contributed by atoms with E-state index in [1.54, 1.807) is 0 Å². The summed E-state index contributed by atoms with van der Waals surface area (Å²) >= 11 is 11.5. The molecule has 0 saturated carbocycles. The third-order valence-electron chi connectivity index (χ3n) is 4.52. The Kier molecular flexibility index (Phi) is 6.05. The fourth-order valence-electron chi connectivity index (χ4n) is 3.27. The van der Waals surface area contributed by atoms with Gasteiger partial charge in [-0.2, -0.15) is 0 Å². The molecule has 0 aliphatic heterocycles. The van der Waals surface area contributed by atoms with E-state index in [-0.39, 0.29) is 0 Å². The van der Waals surface area contributed by atoms with Gasteiger partial charge in [0.25, 0.3) is 0 Å². The first kappa shape index (κ1) is 19.8. The van der Waals surface area contributed by atoms with Crippen LogP contribution in [0.15, 0.2) is 121 Å². The van der Waals surface area contributed by atoms with Crippen molar-refractivity contribution in [1.82, 2.24) is 0 Å². The molecule has 2 nitrogen and oxygen atoms in total. The molecule has 0 saturated heterocycles. The van der Waals surface area contributed by atoms with E-state index in [0.717, 1.165) is 22.7 Å². The maximum Gasteiger partial charge on any atom is 0.185 e. The summed E-state index contributed by atoms with van der Waals surface area (Å²) in [7, 11) is 0. The molecule has 5 heteroatoms. The van der Waals surface area contributed by atoms with Crippen LogP contribution in [0.3, 0.4) is 0 Å². The highest BCUT2D eigenvalue weighted by Gasteiger charge is 2.32. The van der Waals surface area contributed by atoms with Crippen LogP contribution >= 0.6 is 17.8 Å². The molecule has 0 amide bonds. The predicted octanol–water partition coefficient (Wildman–Crippen LogP) is 7.82. The number of benzene rings is 4. The molecule has 0 radical (unpaired) electrons. The first-order chi connectivity index (χ1) is 14.2. The van der Waals surface area contributed by atoms with E-state index in [0.29, 0.717) is 0 Å². The molecule has 0 aliphatic rings. The summed E-state index contributed by atoms with van der Waals surface area (Å²) < 4.78 is 4.37. The van der Waals surface area contributed by atoms with E-state index in [9.17, 15) is 0 Å². The van der Waals surface area contributed by atoms with Gasteiger partial charge in [-0.3, -0.25) is 9.34 Å². The lowest BCUT2D eigenvalue weighted by molar-refractivity contribution is 1.35. The van der Waals surface area contributed by atoms with Gasteiger partial charge < -0.3 is 0 Å². The Hall–Kier alpha value is -2.52. The Morgan fingerprint density at radius 1 is 0.448 bits per heavy atom. The van der Waals surface area contributed by atoms with Gasteiger partial charge in [-0.15, -0.1) is 12.2 Å². The molecule has 4 aromatic rings. The fourth-order valence-corrected chi connectivity index (χ4v) is 7.55. The molecule has 0 heterocycles. The number of nitrogens with zero attached hydrogens (tertiary/aromatic N) is 2. The summed E-state index contributed by atoms with van der Waals surface area (Å²) in [6.07, 6.45) is 0. The number of hydrogen-bond donors (Lipinski definition) is 1. The van der Waals surface area contributed by atoms with E-state index >= 15 is 0 Å². The molecule has 0 N–H and O–H groups in total. The number of thiol groups is 1. The summed E-state index contributed by atoms with van der Waals surface area (Å²) in [5.41, 5.74) is 1.48. The van der Waals surface area contributed by atoms with Gasteiger partial charge in [-0.1, -0.05) is 72.8 Å². The maximum absolute atomic E-state index is 6.34. The topological polar surface area (TPSA) is 6.48 Å². The number of anilines is 4. The molecule has 144 valence electrons. The van der Waals surface area contributed by atoms with Gasteiger partial charge in [-0.25, -0.2) is 0 Å². The molecule has 4 aromatic carbocycles. The van der Waals surface area contributed by atoms with Crippen LogP contribution < -0.4 is 9.34 Å². The van der Waals surface area contributed by atoms with Crippen LogP contribution in [0, 0.1) is 0 Å². The minimum atomic E-state index is -2.61. The maximum atomic E-state index is 6.34. The van der Waals surface area contributed by atoms with Crippen molar-refractivity contribution in [3.8, 4) is 0 Å². The largest absolute Gasteiger partial charge is 0.289 e. The quantitative estimate of drug-likeness (QED) is 0.245. The lowest BCUT2D eigenvalue weighted by atomic mass is 10.3. The smallest absolute Gasteiger partial charge is 0.185 e. The summed E-state index contributed by atoms with van der Waals surface area (Å²) in [6, 6.07) is 41.0. The summed E-state index contributed by atoms with van der Waals surface area (Å²) in [5.74, 6) is 0. The van der Waals surface area contributed by atoms with E-state index < -0.39 is 5.54 Å². The Morgan fingerprint density at radius 2 is 0.655 bits per heavy atom. The van der Waals surface area contributed by atoms with Crippen LogP contribution in [-0.2, 0) is 11.8 Å². The zero-order valence-electron chi connectivity index (χ0n) is 15.7. The molecule has 0 unspecified atom stereocenters. The van der Waals surface area contributed by atoms with Gasteiger partial charge in [0, 0.05) is 22.7 Å². The Balaban J connectivity index is 1.93. The Bertz CT molecular complexity index is 925. The monoisotopic (exact) mass is 432 g/mol. The van der Waals surface area contributed by atoms with Gasteiger partial charge >= 0.3 is 0 Å². The second-order valence-corrected chi connectivity index (χ2v) is 12.3. The van der Waals surface area contributed by atoms with Crippen molar-refractivity contribution in [3.63, 3.8) is 0 Å². The number of hydrogen-bond acceptors (Lipinski definition) is 1. The van der Waals surface area contributed by atoms with Crippen molar-refractivity contribution in [2.75, 3.05) is 9.34 Å².